The van der Waals surface area contributed by atoms with Crippen LogP contribution in [0.5, 0.6) is 0 Å². The molecule has 1 aromatic carbocycles. The number of hydrogen-bond donors (Lipinski definition) is 1. The molecule has 2 N–H and O–H groups in total. The van der Waals surface area contributed by atoms with Crippen molar-refractivity contribution in [3.05, 3.63) is 35.9 Å². The molecule has 0 amide bonds. The van der Waals surface area contributed by atoms with Crippen LogP contribution in [0.2, 0.25) is 0 Å². The Hall–Kier alpha value is -0.320. The number of nitrogens with zero attached hydrogens (tertiary/aromatic N) is 1. The number of halogens is 2. The summed E-state index contributed by atoms with van der Waals surface area (Å²) in [6, 6.07) is 10.5. The van der Waals surface area contributed by atoms with Crippen LogP contribution >= 0.6 is 24.8 Å². The van der Waals surface area contributed by atoms with E-state index in [4.69, 9.17) is 10.6 Å². The van der Waals surface area contributed by atoms with Gasteiger partial charge in [0.15, 0.2) is 0 Å². The highest BCUT2D eigenvalue weighted by Crippen LogP contribution is 2.10. The van der Waals surface area contributed by atoms with Crippen LogP contribution < -0.4 is 5.73 Å². The van der Waals surface area contributed by atoms with E-state index in [0.717, 1.165) is 25.9 Å². The van der Waals surface area contributed by atoms with Gasteiger partial charge in [-0.2, -0.15) is 5.06 Å². The van der Waals surface area contributed by atoms with E-state index in [1.54, 1.807) is 0 Å². The van der Waals surface area contributed by atoms with E-state index in [1.165, 1.54) is 5.56 Å². The van der Waals surface area contributed by atoms with E-state index in [-0.39, 0.29) is 30.9 Å². The molecule has 1 unspecified atom stereocenters. The van der Waals surface area contributed by atoms with E-state index in [1.807, 2.05) is 23.3 Å². The van der Waals surface area contributed by atoms with Crippen molar-refractivity contribution >= 4 is 24.8 Å². The van der Waals surface area contributed by atoms with Crippen molar-refractivity contribution in [2.24, 2.45) is 5.73 Å². The number of benzene rings is 1. The Balaban J connectivity index is 0.00000128. The summed E-state index contributed by atoms with van der Waals surface area (Å²) in [5.41, 5.74) is 7.08. The van der Waals surface area contributed by atoms with Crippen molar-refractivity contribution in [1.82, 2.24) is 5.06 Å². The first kappa shape index (κ1) is 16.7. The first-order chi connectivity index (χ1) is 7.34. The Kier molecular flexibility index (Phi) is 8.56. The van der Waals surface area contributed by atoms with Crippen molar-refractivity contribution < 1.29 is 4.84 Å². The van der Waals surface area contributed by atoms with Gasteiger partial charge in [0.2, 0.25) is 0 Å². The predicted molar refractivity (Wildman–Crippen MR) is 74.5 cm³/mol. The summed E-state index contributed by atoms with van der Waals surface area (Å²) in [6.45, 7) is 2.50. The van der Waals surface area contributed by atoms with Crippen LogP contribution in [0.4, 0.5) is 0 Å². The molecule has 0 aromatic heterocycles. The molecule has 1 atom stereocenters. The molecule has 1 heterocycles. The van der Waals surface area contributed by atoms with Gasteiger partial charge >= 0.3 is 0 Å². The minimum absolute atomic E-state index is 0. The fourth-order valence-corrected chi connectivity index (χ4v) is 1.83. The van der Waals surface area contributed by atoms with Gasteiger partial charge in [0, 0.05) is 19.1 Å². The predicted octanol–water partition coefficient (Wildman–Crippen LogP) is 2.38. The maximum absolute atomic E-state index is 5.87. The maximum Gasteiger partial charge on any atom is 0.0935 e. The van der Waals surface area contributed by atoms with Gasteiger partial charge in [-0.15, -0.1) is 24.8 Å². The molecule has 0 aliphatic carbocycles. The summed E-state index contributed by atoms with van der Waals surface area (Å²) in [7, 11) is 0. The van der Waals surface area contributed by atoms with Crippen molar-refractivity contribution in [2.75, 3.05) is 13.1 Å². The first-order valence-electron chi connectivity index (χ1n) is 5.52. The number of nitrogens with two attached hydrogens (primary N) is 1. The molecule has 1 aromatic rings. The quantitative estimate of drug-likeness (QED) is 0.923. The second-order valence-corrected chi connectivity index (χ2v) is 4.05. The number of rotatable bonds is 3. The van der Waals surface area contributed by atoms with Gasteiger partial charge in [-0.05, 0) is 18.4 Å². The molecule has 0 radical (unpaired) electrons. The SMILES string of the molecule is Cl.Cl.NC1CCCN(OCc2ccccc2)C1. The summed E-state index contributed by atoms with van der Waals surface area (Å²) in [4.78, 5) is 5.69. The molecule has 1 saturated heterocycles. The zero-order chi connectivity index (χ0) is 10.5. The smallest absolute Gasteiger partial charge is 0.0935 e. The van der Waals surface area contributed by atoms with Gasteiger partial charge in [0.25, 0.3) is 0 Å². The van der Waals surface area contributed by atoms with E-state index >= 15 is 0 Å². The lowest BCUT2D eigenvalue weighted by Gasteiger charge is -2.29. The minimum Gasteiger partial charge on any atom is -0.326 e. The third-order valence-electron chi connectivity index (χ3n) is 2.68. The van der Waals surface area contributed by atoms with Crippen molar-refractivity contribution in [1.29, 1.82) is 0 Å². The van der Waals surface area contributed by atoms with E-state index in [0.29, 0.717) is 6.61 Å². The largest absolute Gasteiger partial charge is 0.326 e. The molecular formula is C12H20Cl2N2O. The molecule has 1 fully saturated rings. The molecule has 3 nitrogen and oxygen atoms in total. The molecule has 1 aliphatic heterocycles. The van der Waals surface area contributed by atoms with Gasteiger partial charge in [0.05, 0.1) is 6.61 Å². The Morgan fingerprint density at radius 2 is 1.94 bits per heavy atom. The van der Waals surface area contributed by atoms with Crippen LogP contribution in [0.15, 0.2) is 30.3 Å². The van der Waals surface area contributed by atoms with E-state index in [9.17, 15) is 0 Å². The zero-order valence-electron chi connectivity index (χ0n) is 9.75. The molecule has 0 bridgehead atoms. The number of hydrogen-bond acceptors (Lipinski definition) is 3. The van der Waals surface area contributed by atoms with Crippen LogP contribution in [0, 0.1) is 0 Å². The Bertz CT molecular complexity index is 298. The number of piperidine rings is 1. The third kappa shape index (κ3) is 5.70. The molecule has 2 rings (SSSR count). The average molecular weight is 279 g/mol. The van der Waals surface area contributed by atoms with Crippen LogP contribution in [0.25, 0.3) is 0 Å². The lowest BCUT2D eigenvalue weighted by Crippen LogP contribution is -2.42. The Morgan fingerprint density at radius 3 is 2.59 bits per heavy atom. The van der Waals surface area contributed by atoms with Gasteiger partial charge < -0.3 is 5.73 Å². The van der Waals surface area contributed by atoms with E-state index in [2.05, 4.69) is 12.1 Å². The molecule has 17 heavy (non-hydrogen) atoms. The highest BCUT2D eigenvalue weighted by molar-refractivity contribution is 5.85. The first-order valence-corrected chi connectivity index (χ1v) is 5.52. The van der Waals surface area contributed by atoms with Crippen LogP contribution in [-0.4, -0.2) is 24.2 Å². The second-order valence-electron chi connectivity index (χ2n) is 4.05. The normalized spacial score (nSPS) is 20.2. The molecule has 1 aliphatic rings. The van der Waals surface area contributed by atoms with Crippen molar-refractivity contribution in [3.63, 3.8) is 0 Å². The lowest BCUT2D eigenvalue weighted by molar-refractivity contribution is -0.181. The third-order valence-corrected chi connectivity index (χ3v) is 2.68. The van der Waals surface area contributed by atoms with Crippen molar-refractivity contribution in [3.8, 4) is 0 Å². The monoisotopic (exact) mass is 278 g/mol. The van der Waals surface area contributed by atoms with Gasteiger partial charge in [-0.25, -0.2) is 0 Å². The maximum atomic E-state index is 5.87. The summed E-state index contributed by atoms with van der Waals surface area (Å²) >= 11 is 0. The van der Waals surface area contributed by atoms with Gasteiger partial charge in [-0.3, -0.25) is 4.84 Å². The van der Waals surface area contributed by atoms with E-state index < -0.39 is 0 Å². The lowest BCUT2D eigenvalue weighted by atomic mass is 10.1. The van der Waals surface area contributed by atoms with Crippen LogP contribution in [-0.2, 0) is 11.4 Å². The Labute approximate surface area is 115 Å². The second kappa shape index (κ2) is 8.72. The zero-order valence-corrected chi connectivity index (χ0v) is 11.4. The molecule has 0 spiro atoms. The fraction of sp³-hybridized carbons (Fsp3) is 0.500. The summed E-state index contributed by atoms with van der Waals surface area (Å²) in [5.74, 6) is 0. The van der Waals surface area contributed by atoms with Crippen LogP contribution in [0.1, 0.15) is 18.4 Å². The standard InChI is InChI=1S/C12H18N2O.2ClH/c13-12-7-4-8-14(9-12)15-10-11-5-2-1-3-6-11;;/h1-3,5-6,12H,4,7-10,13H2;2*1H. The molecular weight excluding hydrogens is 259 g/mol. The summed E-state index contributed by atoms with van der Waals surface area (Å²) < 4.78 is 0. The summed E-state index contributed by atoms with van der Waals surface area (Å²) in [6.07, 6.45) is 2.25. The highest BCUT2D eigenvalue weighted by atomic mass is 35.5. The highest BCUT2D eigenvalue weighted by Gasteiger charge is 2.16. The summed E-state index contributed by atoms with van der Waals surface area (Å²) in [5, 5.41) is 1.99. The van der Waals surface area contributed by atoms with Crippen molar-refractivity contribution in [2.45, 2.75) is 25.5 Å². The molecule has 0 saturated carbocycles. The van der Waals surface area contributed by atoms with Gasteiger partial charge in [0.1, 0.15) is 0 Å². The fourth-order valence-electron chi connectivity index (χ4n) is 1.83. The topological polar surface area (TPSA) is 38.5 Å². The van der Waals surface area contributed by atoms with Gasteiger partial charge in [-0.1, -0.05) is 30.3 Å². The number of hydroxylamine groups is 2. The minimum atomic E-state index is 0. The average Bonchev–Trinajstić information content (AvgIpc) is 2.28. The Morgan fingerprint density at radius 1 is 1.24 bits per heavy atom. The van der Waals surface area contributed by atoms with Crippen LogP contribution in [0.3, 0.4) is 0 Å². The molecule has 5 heteroatoms. The molecule has 98 valence electrons.